The summed E-state index contributed by atoms with van der Waals surface area (Å²) in [5.74, 6) is -0.352. The largest absolute Gasteiger partial charge is 0.424 e. The molecule has 0 spiro atoms. The van der Waals surface area contributed by atoms with E-state index < -0.39 is 0 Å². The zero-order valence-electron chi connectivity index (χ0n) is 20.2. The Kier molecular flexibility index (Phi) is 6.65. The summed E-state index contributed by atoms with van der Waals surface area (Å²) < 4.78 is 36.6. The highest BCUT2D eigenvalue weighted by molar-refractivity contribution is 5.79. The van der Waals surface area contributed by atoms with E-state index in [0.717, 1.165) is 25.9 Å². The van der Waals surface area contributed by atoms with Crippen LogP contribution in [0.1, 0.15) is 25.8 Å². The summed E-state index contributed by atoms with van der Waals surface area (Å²) in [5, 5.41) is 0. The predicted molar refractivity (Wildman–Crippen MR) is 133 cm³/mol. The SMILES string of the molecule is CCn1c(-c2ccnc(Oc3ccc(F)cc3)n2)c(-c2ccc(F)cc2)c(=O)n1C1CCN(C)CC1. The topological polar surface area (TPSA) is 65.2 Å². The van der Waals surface area contributed by atoms with Crippen LogP contribution in [0.4, 0.5) is 8.78 Å². The lowest BCUT2D eigenvalue weighted by atomic mass is 10.0. The van der Waals surface area contributed by atoms with Crippen LogP contribution in [0.25, 0.3) is 22.5 Å². The molecule has 1 aliphatic rings. The van der Waals surface area contributed by atoms with Gasteiger partial charge in [0.2, 0.25) is 0 Å². The number of ether oxygens (including phenoxy) is 1. The van der Waals surface area contributed by atoms with Crippen LogP contribution in [0.5, 0.6) is 11.8 Å². The highest BCUT2D eigenvalue weighted by atomic mass is 19.1. The van der Waals surface area contributed by atoms with Gasteiger partial charge in [0.05, 0.1) is 23.0 Å². The van der Waals surface area contributed by atoms with E-state index in [1.165, 1.54) is 36.4 Å². The first-order valence-corrected chi connectivity index (χ1v) is 12.0. The summed E-state index contributed by atoms with van der Waals surface area (Å²) in [7, 11) is 2.08. The standard InChI is InChI=1S/C27H27F2N5O2/c1-3-33-25(23-12-15-30-27(31-23)36-22-10-8-20(29)9-11-22)24(18-4-6-19(28)7-5-18)26(35)34(33)21-13-16-32(2)17-14-21/h4-12,15,21H,3,13-14,16-17H2,1-2H3. The molecule has 1 saturated heterocycles. The summed E-state index contributed by atoms with van der Waals surface area (Å²) in [4.78, 5) is 25.0. The van der Waals surface area contributed by atoms with E-state index in [1.54, 1.807) is 24.4 Å². The lowest BCUT2D eigenvalue weighted by Gasteiger charge is -2.31. The van der Waals surface area contributed by atoms with E-state index in [-0.39, 0.29) is 29.2 Å². The highest BCUT2D eigenvalue weighted by Crippen LogP contribution is 2.33. The van der Waals surface area contributed by atoms with Crippen molar-refractivity contribution >= 4 is 0 Å². The van der Waals surface area contributed by atoms with Gasteiger partial charge in [0, 0.05) is 12.7 Å². The van der Waals surface area contributed by atoms with E-state index in [1.807, 2.05) is 16.3 Å². The van der Waals surface area contributed by atoms with Crippen molar-refractivity contribution in [2.45, 2.75) is 32.4 Å². The summed E-state index contributed by atoms with van der Waals surface area (Å²) in [6.07, 6.45) is 3.27. The van der Waals surface area contributed by atoms with Crippen molar-refractivity contribution in [2.24, 2.45) is 0 Å². The minimum Gasteiger partial charge on any atom is -0.424 e. The molecule has 0 aliphatic carbocycles. The zero-order valence-corrected chi connectivity index (χ0v) is 20.2. The first kappa shape index (κ1) is 23.9. The van der Waals surface area contributed by atoms with Gasteiger partial charge in [0.25, 0.3) is 5.56 Å². The lowest BCUT2D eigenvalue weighted by molar-refractivity contribution is 0.197. The second kappa shape index (κ2) is 10.0. The maximum absolute atomic E-state index is 13.9. The number of hydrogen-bond acceptors (Lipinski definition) is 5. The van der Waals surface area contributed by atoms with Crippen LogP contribution in [0.2, 0.25) is 0 Å². The molecule has 5 rings (SSSR count). The Hall–Kier alpha value is -3.85. The van der Waals surface area contributed by atoms with Crippen LogP contribution in [-0.2, 0) is 6.54 Å². The molecule has 1 aliphatic heterocycles. The summed E-state index contributed by atoms with van der Waals surface area (Å²) >= 11 is 0. The molecule has 186 valence electrons. The van der Waals surface area contributed by atoms with Gasteiger partial charge < -0.3 is 9.64 Å². The quantitative estimate of drug-likeness (QED) is 0.374. The molecule has 0 unspecified atom stereocenters. The molecule has 0 bridgehead atoms. The number of piperidine rings is 1. The van der Waals surface area contributed by atoms with Gasteiger partial charge in [-0.2, -0.15) is 4.98 Å². The Morgan fingerprint density at radius 3 is 2.25 bits per heavy atom. The summed E-state index contributed by atoms with van der Waals surface area (Å²) in [5.41, 5.74) is 2.08. The molecule has 2 aromatic heterocycles. The molecule has 3 heterocycles. The number of halogens is 2. The summed E-state index contributed by atoms with van der Waals surface area (Å²) in [6, 6.07) is 13.4. The fourth-order valence-electron chi connectivity index (χ4n) is 4.74. The van der Waals surface area contributed by atoms with Crippen LogP contribution in [0, 0.1) is 11.6 Å². The zero-order chi connectivity index (χ0) is 25.2. The van der Waals surface area contributed by atoms with Gasteiger partial charge in [0.1, 0.15) is 17.4 Å². The van der Waals surface area contributed by atoms with Gasteiger partial charge in [-0.05, 0) is 87.9 Å². The Morgan fingerprint density at radius 1 is 0.972 bits per heavy atom. The molecule has 7 nitrogen and oxygen atoms in total. The molecule has 1 fully saturated rings. The molecule has 0 amide bonds. The van der Waals surface area contributed by atoms with Crippen LogP contribution in [0.15, 0.2) is 65.6 Å². The van der Waals surface area contributed by atoms with Gasteiger partial charge in [-0.15, -0.1) is 0 Å². The summed E-state index contributed by atoms with van der Waals surface area (Å²) in [6.45, 7) is 4.32. The van der Waals surface area contributed by atoms with Crippen molar-refractivity contribution in [3.8, 4) is 34.3 Å². The number of nitrogens with zero attached hydrogens (tertiary/aromatic N) is 5. The van der Waals surface area contributed by atoms with Crippen molar-refractivity contribution < 1.29 is 13.5 Å². The minimum absolute atomic E-state index is 0.0402. The van der Waals surface area contributed by atoms with E-state index in [4.69, 9.17) is 4.74 Å². The molecule has 2 aromatic carbocycles. The first-order chi connectivity index (χ1) is 17.4. The minimum atomic E-state index is -0.372. The van der Waals surface area contributed by atoms with E-state index in [0.29, 0.717) is 34.8 Å². The number of aromatic nitrogens is 4. The Morgan fingerprint density at radius 2 is 1.61 bits per heavy atom. The van der Waals surface area contributed by atoms with Crippen LogP contribution in [-0.4, -0.2) is 44.4 Å². The van der Waals surface area contributed by atoms with Gasteiger partial charge >= 0.3 is 6.01 Å². The van der Waals surface area contributed by atoms with Gasteiger partial charge in [-0.25, -0.2) is 18.4 Å². The van der Waals surface area contributed by atoms with Crippen molar-refractivity contribution in [1.82, 2.24) is 24.2 Å². The van der Waals surface area contributed by atoms with Gasteiger partial charge in [-0.3, -0.25) is 9.48 Å². The smallest absolute Gasteiger partial charge is 0.322 e. The molecule has 9 heteroatoms. The maximum atomic E-state index is 13.9. The van der Waals surface area contributed by atoms with Gasteiger partial charge in [0.15, 0.2) is 0 Å². The molecular weight excluding hydrogens is 464 g/mol. The van der Waals surface area contributed by atoms with Crippen molar-refractivity contribution in [3.63, 3.8) is 0 Å². The predicted octanol–water partition coefficient (Wildman–Crippen LogP) is 5.13. The Labute approximate surface area is 207 Å². The van der Waals surface area contributed by atoms with Crippen molar-refractivity contribution in [3.05, 3.63) is 82.8 Å². The average molecular weight is 492 g/mol. The van der Waals surface area contributed by atoms with E-state index >= 15 is 0 Å². The molecule has 36 heavy (non-hydrogen) atoms. The third kappa shape index (κ3) is 4.66. The fraction of sp³-hybridized carbons (Fsp3) is 0.296. The molecular formula is C27H27F2N5O2. The highest BCUT2D eigenvalue weighted by Gasteiger charge is 2.29. The van der Waals surface area contributed by atoms with Crippen molar-refractivity contribution in [1.29, 1.82) is 0 Å². The Bertz CT molecular complexity index is 1410. The Balaban J connectivity index is 1.65. The third-order valence-electron chi connectivity index (χ3n) is 6.54. The number of hydrogen-bond donors (Lipinski definition) is 0. The monoisotopic (exact) mass is 491 g/mol. The lowest BCUT2D eigenvalue weighted by Crippen LogP contribution is -2.37. The number of benzene rings is 2. The molecule has 0 N–H and O–H groups in total. The first-order valence-electron chi connectivity index (χ1n) is 12.0. The molecule has 0 saturated carbocycles. The average Bonchev–Trinajstić information content (AvgIpc) is 3.18. The van der Waals surface area contributed by atoms with Crippen LogP contribution < -0.4 is 10.3 Å². The molecule has 0 atom stereocenters. The molecule has 0 radical (unpaired) electrons. The fourth-order valence-corrected chi connectivity index (χ4v) is 4.74. The number of likely N-dealkylation sites (tertiary alicyclic amines) is 1. The number of rotatable bonds is 6. The maximum Gasteiger partial charge on any atom is 0.322 e. The van der Waals surface area contributed by atoms with Crippen LogP contribution >= 0.6 is 0 Å². The normalized spacial score (nSPS) is 14.8. The second-order valence-corrected chi connectivity index (χ2v) is 8.91. The molecule has 4 aromatic rings. The third-order valence-corrected chi connectivity index (χ3v) is 6.54. The van der Waals surface area contributed by atoms with Crippen LogP contribution in [0.3, 0.4) is 0 Å². The van der Waals surface area contributed by atoms with Crippen molar-refractivity contribution in [2.75, 3.05) is 20.1 Å². The second-order valence-electron chi connectivity index (χ2n) is 8.91. The van der Waals surface area contributed by atoms with Gasteiger partial charge in [-0.1, -0.05) is 12.1 Å². The van der Waals surface area contributed by atoms with E-state index in [2.05, 4.69) is 21.9 Å². The van der Waals surface area contributed by atoms with E-state index in [9.17, 15) is 13.6 Å².